The average molecular weight is 461 g/mol. The summed E-state index contributed by atoms with van der Waals surface area (Å²) >= 11 is 0. The Bertz CT molecular complexity index is 906. The minimum absolute atomic E-state index is 0.0677. The highest BCUT2D eigenvalue weighted by Gasteiger charge is 2.66. The second-order valence-electron chi connectivity index (χ2n) is 11.5. The third kappa shape index (κ3) is 3.67. The van der Waals surface area contributed by atoms with Crippen molar-refractivity contribution in [2.45, 2.75) is 91.0 Å². The van der Waals surface area contributed by atoms with Crippen molar-refractivity contribution in [1.29, 1.82) is 0 Å². The van der Waals surface area contributed by atoms with Crippen LogP contribution in [0.25, 0.3) is 0 Å². The van der Waals surface area contributed by atoms with E-state index in [-0.39, 0.29) is 23.2 Å². The van der Waals surface area contributed by atoms with Gasteiger partial charge in [-0.2, -0.15) is 0 Å². The zero-order valence-electron chi connectivity index (χ0n) is 20.6. The highest BCUT2D eigenvalue weighted by molar-refractivity contribution is 5.99. The maximum absolute atomic E-state index is 12.2. The van der Waals surface area contributed by atoms with Gasteiger partial charge in [-0.15, -0.1) is 0 Å². The van der Waals surface area contributed by atoms with Gasteiger partial charge < -0.3 is 25.4 Å². The number of hydrogen-bond donors (Lipinski definition) is 4. The van der Waals surface area contributed by atoms with Crippen LogP contribution in [0, 0.1) is 28.6 Å². The molecule has 184 valence electrons. The van der Waals surface area contributed by atoms with Crippen LogP contribution in [0.3, 0.4) is 0 Å². The minimum atomic E-state index is -1.04. The van der Waals surface area contributed by atoms with E-state index < -0.39 is 23.2 Å². The first-order valence-electron chi connectivity index (χ1n) is 12.3. The third-order valence-electron chi connectivity index (χ3n) is 9.53. The Morgan fingerprint density at radius 1 is 1.12 bits per heavy atom. The molecule has 33 heavy (non-hydrogen) atoms. The van der Waals surface area contributed by atoms with E-state index in [1.54, 1.807) is 0 Å². The Morgan fingerprint density at radius 3 is 2.52 bits per heavy atom. The molecule has 0 aromatic carbocycles. The average Bonchev–Trinajstić information content (AvgIpc) is 3.03. The lowest BCUT2D eigenvalue weighted by atomic mass is 9.46. The van der Waals surface area contributed by atoms with Crippen molar-refractivity contribution in [3.05, 3.63) is 23.3 Å². The fourth-order valence-electron chi connectivity index (χ4n) is 7.57. The van der Waals surface area contributed by atoms with Gasteiger partial charge in [-0.1, -0.05) is 29.7 Å². The van der Waals surface area contributed by atoms with Crippen molar-refractivity contribution >= 4 is 11.4 Å². The molecule has 0 saturated heterocycles. The Labute approximate surface area is 196 Å². The summed E-state index contributed by atoms with van der Waals surface area (Å²) in [5.41, 5.74) is 1.69. The van der Waals surface area contributed by atoms with Gasteiger partial charge in [0.05, 0.1) is 29.2 Å². The quantitative estimate of drug-likeness (QED) is 0.167. The molecule has 0 radical (unpaired) electrons. The summed E-state index contributed by atoms with van der Waals surface area (Å²) < 4.78 is 0. The van der Waals surface area contributed by atoms with Crippen molar-refractivity contribution in [3.8, 4) is 0 Å². The molecule has 4 rings (SSSR count). The predicted molar refractivity (Wildman–Crippen MR) is 127 cm³/mol. The van der Waals surface area contributed by atoms with Gasteiger partial charge in [-0.05, 0) is 88.4 Å². The summed E-state index contributed by atoms with van der Waals surface area (Å²) in [6.07, 6.45) is 6.17. The van der Waals surface area contributed by atoms with Gasteiger partial charge in [-0.3, -0.25) is 0 Å². The highest BCUT2D eigenvalue weighted by Crippen LogP contribution is 2.67. The molecule has 8 atom stereocenters. The van der Waals surface area contributed by atoms with E-state index in [0.717, 1.165) is 30.5 Å². The van der Waals surface area contributed by atoms with Gasteiger partial charge in [0.15, 0.2) is 0 Å². The topological polar surface area (TPSA) is 115 Å². The smallest absolute Gasteiger partial charge is 0.135 e. The maximum atomic E-state index is 12.2. The zero-order valence-corrected chi connectivity index (χ0v) is 20.6. The summed E-state index contributed by atoms with van der Waals surface area (Å²) in [4.78, 5) is 5.54. The highest BCUT2D eigenvalue weighted by atomic mass is 16.6. The molecule has 7 nitrogen and oxygen atoms in total. The van der Waals surface area contributed by atoms with Crippen LogP contribution in [-0.2, 0) is 4.84 Å². The van der Waals surface area contributed by atoms with E-state index in [0.29, 0.717) is 31.6 Å². The Hall–Kier alpha value is -1.70. The van der Waals surface area contributed by atoms with Gasteiger partial charge in [0, 0.05) is 17.3 Å². The molecule has 3 saturated carbocycles. The molecule has 0 aliphatic heterocycles. The summed E-state index contributed by atoms with van der Waals surface area (Å²) in [6.45, 7) is 10.7. The lowest BCUT2D eigenvalue weighted by molar-refractivity contribution is -0.116. The maximum Gasteiger partial charge on any atom is 0.135 e. The van der Waals surface area contributed by atoms with Crippen LogP contribution in [0.2, 0.25) is 0 Å². The van der Waals surface area contributed by atoms with E-state index in [1.807, 2.05) is 32.9 Å². The van der Waals surface area contributed by atoms with E-state index in [2.05, 4.69) is 24.2 Å². The summed E-state index contributed by atoms with van der Waals surface area (Å²) in [6, 6.07) is 0. The molecule has 4 N–H and O–H groups in total. The number of rotatable bonds is 4. The standard InChI is InChI=1S/C26H40N2O5/c1-15(2)8-11-33-28-16(3)17-7-10-26(31)19-12-21(27-32)20-13-22(29)23(30)14-24(20,4)18(19)6-9-25(17,26)5/h8,12,17-18,20,22-23,29-32H,6-7,9-11,13-14H2,1-5H3/b27-21+,28-16-/t17-,18?,20+,22-,23+,24-,25-,26-/m1/s1. The molecule has 0 amide bonds. The van der Waals surface area contributed by atoms with Gasteiger partial charge in [0.25, 0.3) is 0 Å². The molecular formula is C26H40N2O5. The van der Waals surface area contributed by atoms with Crippen molar-refractivity contribution in [3.63, 3.8) is 0 Å². The number of oxime groups is 2. The van der Waals surface area contributed by atoms with Crippen LogP contribution >= 0.6 is 0 Å². The van der Waals surface area contributed by atoms with Crippen molar-refractivity contribution in [1.82, 2.24) is 0 Å². The molecule has 7 heteroatoms. The van der Waals surface area contributed by atoms with Crippen LogP contribution in [0.1, 0.15) is 73.1 Å². The van der Waals surface area contributed by atoms with Gasteiger partial charge in [0.1, 0.15) is 6.61 Å². The lowest BCUT2D eigenvalue weighted by Crippen LogP contribution is -2.61. The first-order valence-corrected chi connectivity index (χ1v) is 12.3. The molecule has 0 aromatic heterocycles. The van der Waals surface area contributed by atoms with Crippen LogP contribution < -0.4 is 0 Å². The molecule has 0 aromatic rings. The zero-order chi connectivity index (χ0) is 24.2. The SMILES string of the molecule is CC(C)=CCO/N=C(/C)[C@H]1CC[C@@]2(O)C3=C/C(=N\O)[C@@H]4C[C@@H](O)[C@@H](O)C[C@]4(C)C3CC[C@]12C. The van der Waals surface area contributed by atoms with E-state index in [9.17, 15) is 20.5 Å². The van der Waals surface area contributed by atoms with Crippen LogP contribution in [0.15, 0.2) is 33.6 Å². The van der Waals surface area contributed by atoms with Crippen molar-refractivity contribution in [2.75, 3.05) is 6.61 Å². The second kappa shape index (κ2) is 8.51. The first kappa shape index (κ1) is 24.4. The molecule has 0 bridgehead atoms. The molecule has 1 unspecified atom stereocenters. The van der Waals surface area contributed by atoms with Crippen LogP contribution in [-0.4, -0.2) is 56.4 Å². The van der Waals surface area contributed by atoms with Crippen molar-refractivity contribution in [2.24, 2.45) is 38.9 Å². The second-order valence-corrected chi connectivity index (χ2v) is 11.5. The summed E-state index contributed by atoms with van der Waals surface area (Å²) in [7, 11) is 0. The van der Waals surface area contributed by atoms with E-state index in [4.69, 9.17) is 4.84 Å². The number of nitrogens with zero attached hydrogens (tertiary/aromatic N) is 2. The van der Waals surface area contributed by atoms with Crippen molar-refractivity contribution < 1.29 is 25.4 Å². The Kier molecular flexibility index (Phi) is 6.30. The van der Waals surface area contributed by atoms with Gasteiger partial charge in [0.2, 0.25) is 0 Å². The molecule has 4 aliphatic rings. The summed E-state index contributed by atoms with van der Waals surface area (Å²) in [5.74, 6) is 0.0135. The molecule has 3 fully saturated rings. The largest absolute Gasteiger partial charge is 0.411 e. The number of fused-ring (bicyclic) bond motifs is 5. The van der Waals surface area contributed by atoms with Crippen LogP contribution in [0.4, 0.5) is 0 Å². The fraction of sp³-hybridized carbons (Fsp3) is 0.769. The number of aliphatic hydroxyl groups is 3. The predicted octanol–water partition coefficient (Wildman–Crippen LogP) is 3.81. The molecule has 0 spiro atoms. The minimum Gasteiger partial charge on any atom is -0.411 e. The van der Waals surface area contributed by atoms with E-state index >= 15 is 0 Å². The molecule has 0 heterocycles. The number of aliphatic hydroxyl groups excluding tert-OH is 2. The normalized spacial score (nSPS) is 46.2. The lowest BCUT2D eigenvalue weighted by Gasteiger charge is -2.60. The Morgan fingerprint density at radius 2 is 1.85 bits per heavy atom. The van der Waals surface area contributed by atoms with Gasteiger partial charge in [-0.25, -0.2) is 0 Å². The summed E-state index contributed by atoms with van der Waals surface area (Å²) in [5, 5.41) is 50.9. The Balaban J connectivity index is 1.68. The van der Waals surface area contributed by atoms with E-state index in [1.165, 1.54) is 5.57 Å². The first-order chi connectivity index (χ1) is 15.5. The monoisotopic (exact) mass is 460 g/mol. The molecule has 4 aliphatic carbocycles. The number of hydrogen-bond acceptors (Lipinski definition) is 7. The van der Waals surface area contributed by atoms with Gasteiger partial charge >= 0.3 is 0 Å². The fourth-order valence-corrected chi connectivity index (χ4v) is 7.57. The van der Waals surface area contributed by atoms with Crippen LogP contribution in [0.5, 0.6) is 0 Å². The number of allylic oxidation sites excluding steroid dienone is 2. The third-order valence-corrected chi connectivity index (χ3v) is 9.53. The molecular weight excluding hydrogens is 420 g/mol.